The Bertz CT molecular complexity index is 102. The Morgan fingerprint density at radius 1 is 1.22 bits per heavy atom. The van der Waals surface area contributed by atoms with Gasteiger partial charge in [-0.3, -0.25) is 0 Å². The average Bonchev–Trinajstić information content (AvgIpc) is 1.59. The van der Waals surface area contributed by atoms with E-state index in [0.29, 0.717) is 0 Å². The molecular formula is C6H15N2Ta. The number of hydrogen-bond donors (Lipinski definition) is 0. The van der Waals surface area contributed by atoms with Crippen molar-refractivity contribution in [3.05, 3.63) is 0 Å². The first-order valence-electron chi connectivity index (χ1n) is 3.02. The van der Waals surface area contributed by atoms with Gasteiger partial charge in [0.05, 0.1) is 0 Å². The van der Waals surface area contributed by atoms with Crippen molar-refractivity contribution in [3.8, 4) is 0 Å². The summed E-state index contributed by atoms with van der Waals surface area (Å²) in [5.41, 5.74) is 0.196. The molecule has 0 N–H and O–H groups in total. The first-order chi connectivity index (χ1) is 3.92. The molecule has 0 aromatic rings. The number of nitrogens with zero attached hydrogens (tertiary/aromatic N) is 2. The molecule has 9 heavy (non-hydrogen) atoms. The quantitative estimate of drug-likeness (QED) is 0.716. The minimum atomic E-state index is -0.637. The molecule has 0 unspecified atom stereocenters. The third kappa shape index (κ3) is 8.50. The number of hydrogen-bond acceptors (Lipinski definition) is 1. The van der Waals surface area contributed by atoms with Gasteiger partial charge in [-0.25, -0.2) is 0 Å². The molecule has 54 valence electrons. The van der Waals surface area contributed by atoms with Crippen LogP contribution in [0.3, 0.4) is 0 Å². The minimum absolute atomic E-state index is 0.196. The van der Waals surface area contributed by atoms with Crippen LogP contribution < -0.4 is 0 Å². The van der Waals surface area contributed by atoms with Gasteiger partial charge >= 0.3 is 66.9 Å². The molecule has 0 heterocycles. The molecule has 0 amide bonds. The summed E-state index contributed by atoms with van der Waals surface area (Å²) in [6.07, 6.45) is 0. The van der Waals surface area contributed by atoms with E-state index in [2.05, 4.69) is 41.5 Å². The number of rotatable bonds is 1. The van der Waals surface area contributed by atoms with E-state index in [1.807, 2.05) is 0 Å². The summed E-state index contributed by atoms with van der Waals surface area (Å²) in [6.45, 7) is 6.46. The second kappa shape index (κ2) is 3.62. The second-order valence-corrected chi connectivity index (χ2v) is 7.44. The predicted octanol–water partition coefficient (Wildman–Crippen LogP) is 1.53. The van der Waals surface area contributed by atoms with Crippen molar-refractivity contribution in [1.29, 1.82) is 0 Å². The average molecular weight is 296 g/mol. The summed E-state index contributed by atoms with van der Waals surface area (Å²) in [5.74, 6) is 0. The fourth-order valence-corrected chi connectivity index (χ4v) is 1.83. The molecule has 0 aliphatic carbocycles. The molecule has 0 aromatic heterocycles. The molecule has 0 bridgehead atoms. The van der Waals surface area contributed by atoms with Gasteiger partial charge in [-0.05, 0) is 0 Å². The van der Waals surface area contributed by atoms with Gasteiger partial charge in [0.25, 0.3) is 0 Å². The van der Waals surface area contributed by atoms with Crippen LogP contribution in [0.2, 0.25) is 0 Å². The molecule has 0 radical (unpaired) electrons. The zero-order valence-electron chi connectivity index (χ0n) is 6.84. The molecule has 0 fully saturated rings. The van der Waals surface area contributed by atoms with E-state index in [0.717, 1.165) is 0 Å². The summed E-state index contributed by atoms with van der Waals surface area (Å²) in [4.78, 5) is 0. The van der Waals surface area contributed by atoms with Crippen LogP contribution in [0.15, 0.2) is 3.34 Å². The molecule has 0 atom stereocenters. The van der Waals surface area contributed by atoms with Crippen molar-refractivity contribution in [3.63, 3.8) is 0 Å². The standard InChI is InChI=1S/C4H9N.C2H6N.Ta/c1-4(2,3)5;1-3-2;/h1-3H3;1-2H3;/q;-1;+1. The van der Waals surface area contributed by atoms with E-state index in [-0.39, 0.29) is 5.54 Å². The summed E-state index contributed by atoms with van der Waals surface area (Å²) < 4.78 is 6.80. The summed E-state index contributed by atoms with van der Waals surface area (Å²) in [7, 11) is 4.21. The second-order valence-electron chi connectivity index (χ2n) is 3.21. The van der Waals surface area contributed by atoms with Gasteiger partial charge in [0, 0.05) is 0 Å². The summed E-state index contributed by atoms with van der Waals surface area (Å²) >= 11 is -0.637. The first-order valence-corrected chi connectivity index (χ1v) is 5.89. The first kappa shape index (κ1) is 9.50. The van der Waals surface area contributed by atoms with Gasteiger partial charge in [0.1, 0.15) is 0 Å². The van der Waals surface area contributed by atoms with Crippen LogP contribution >= 0.6 is 0 Å². The van der Waals surface area contributed by atoms with Crippen molar-refractivity contribution in [2.24, 2.45) is 3.34 Å². The van der Waals surface area contributed by atoms with Crippen LogP contribution in [0.25, 0.3) is 0 Å². The Kier molecular flexibility index (Phi) is 3.82. The monoisotopic (exact) mass is 296 g/mol. The Labute approximate surface area is 67.1 Å². The summed E-state index contributed by atoms with van der Waals surface area (Å²) in [5, 5.41) is 0. The fraction of sp³-hybridized carbons (Fsp3) is 1.00. The van der Waals surface area contributed by atoms with E-state index in [9.17, 15) is 0 Å². The van der Waals surface area contributed by atoms with Gasteiger partial charge in [-0.15, -0.1) is 0 Å². The molecule has 0 rings (SSSR count). The van der Waals surface area contributed by atoms with Crippen molar-refractivity contribution in [2.45, 2.75) is 26.3 Å². The normalized spacial score (nSPS) is 13.6. The van der Waals surface area contributed by atoms with E-state index >= 15 is 0 Å². The van der Waals surface area contributed by atoms with Crippen LogP contribution in [-0.4, -0.2) is 22.9 Å². The van der Waals surface area contributed by atoms with E-state index in [1.54, 1.807) is 0 Å². The Hall–Kier alpha value is 0.500. The Balaban J connectivity index is 3.71. The van der Waals surface area contributed by atoms with Crippen molar-refractivity contribution in [1.82, 2.24) is 3.30 Å². The van der Waals surface area contributed by atoms with E-state index in [1.165, 1.54) is 0 Å². The van der Waals surface area contributed by atoms with Gasteiger partial charge in [-0.2, -0.15) is 0 Å². The van der Waals surface area contributed by atoms with Gasteiger partial charge < -0.3 is 0 Å². The fourth-order valence-electron chi connectivity index (χ4n) is 0.224. The summed E-state index contributed by atoms with van der Waals surface area (Å²) in [6, 6.07) is 0. The molecule has 0 saturated carbocycles. The van der Waals surface area contributed by atoms with Crippen molar-refractivity contribution >= 4 is 0 Å². The van der Waals surface area contributed by atoms with Gasteiger partial charge in [-0.1, -0.05) is 0 Å². The maximum absolute atomic E-state index is 4.56. The predicted molar refractivity (Wildman–Crippen MR) is 35.9 cm³/mol. The molecule has 0 aliphatic heterocycles. The molecule has 0 spiro atoms. The van der Waals surface area contributed by atoms with Crippen LogP contribution in [0.5, 0.6) is 0 Å². The Morgan fingerprint density at radius 2 is 1.67 bits per heavy atom. The van der Waals surface area contributed by atoms with Gasteiger partial charge in [0.15, 0.2) is 0 Å². The molecule has 2 nitrogen and oxygen atoms in total. The van der Waals surface area contributed by atoms with Crippen molar-refractivity contribution in [2.75, 3.05) is 14.1 Å². The molecule has 0 aromatic carbocycles. The van der Waals surface area contributed by atoms with E-state index in [4.69, 9.17) is 0 Å². The molecule has 0 saturated heterocycles. The van der Waals surface area contributed by atoms with Crippen LogP contribution in [0, 0.1) is 0 Å². The third-order valence-electron chi connectivity index (χ3n) is 0.524. The third-order valence-corrected chi connectivity index (χ3v) is 4.29. The topological polar surface area (TPSA) is 15.6 Å². The molecular weight excluding hydrogens is 281 g/mol. The maximum atomic E-state index is 4.56. The van der Waals surface area contributed by atoms with Crippen LogP contribution in [0.1, 0.15) is 20.8 Å². The molecule has 3 heteroatoms. The SMILES string of the molecule is C[N](C)[Ta]=[N]C(C)(C)C. The zero-order chi connectivity index (χ0) is 7.49. The zero-order valence-corrected chi connectivity index (χ0v) is 10.1. The Morgan fingerprint density at radius 3 is 1.78 bits per heavy atom. The van der Waals surface area contributed by atoms with Crippen LogP contribution in [-0.2, 0) is 19.8 Å². The molecule has 0 aliphatic rings. The van der Waals surface area contributed by atoms with Crippen molar-refractivity contribution < 1.29 is 19.8 Å². The van der Waals surface area contributed by atoms with Crippen LogP contribution in [0.4, 0.5) is 0 Å². The van der Waals surface area contributed by atoms with Gasteiger partial charge in [0.2, 0.25) is 0 Å². The van der Waals surface area contributed by atoms with E-state index < -0.39 is 19.8 Å².